The van der Waals surface area contributed by atoms with Gasteiger partial charge in [-0.05, 0) is 55.8 Å². The molecule has 2 aromatic carbocycles. The molecule has 2 amide bonds. The number of benzene rings is 2. The van der Waals surface area contributed by atoms with Gasteiger partial charge in [-0.2, -0.15) is 0 Å². The SMILES string of the molecule is CC(C)N(CC(=O)N(Cc1ccccc1)Cc1ccco1)C(=O)c1ccc(Br)cc1. The highest BCUT2D eigenvalue weighted by Crippen LogP contribution is 2.16. The lowest BCUT2D eigenvalue weighted by Crippen LogP contribution is -2.45. The molecule has 0 N–H and O–H groups in total. The topological polar surface area (TPSA) is 53.8 Å². The molecule has 1 aromatic heterocycles. The van der Waals surface area contributed by atoms with Gasteiger partial charge in [0.2, 0.25) is 5.91 Å². The average molecular weight is 469 g/mol. The van der Waals surface area contributed by atoms with E-state index in [1.54, 1.807) is 34.3 Å². The molecular weight excluding hydrogens is 444 g/mol. The average Bonchev–Trinajstić information content (AvgIpc) is 3.25. The van der Waals surface area contributed by atoms with Gasteiger partial charge in [-0.25, -0.2) is 0 Å². The van der Waals surface area contributed by atoms with Crippen molar-refractivity contribution in [3.05, 3.63) is 94.4 Å². The van der Waals surface area contributed by atoms with Crippen LogP contribution in [0.5, 0.6) is 0 Å². The molecule has 6 heteroatoms. The van der Waals surface area contributed by atoms with Gasteiger partial charge in [-0.3, -0.25) is 9.59 Å². The summed E-state index contributed by atoms with van der Waals surface area (Å²) < 4.78 is 6.35. The van der Waals surface area contributed by atoms with Crippen LogP contribution in [0.1, 0.15) is 35.5 Å². The maximum atomic E-state index is 13.3. The minimum Gasteiger partial charge on any atom is -0.467 e. The number of nitrogens with zero attached hydrogens (tertiary/aromatic N) is 2. The molecule has 1 heterocycles. The molecule has 0 saturated carbocycles. The lowest BCUT2D eigenvalue weighted by Gasteiger charge is -2.30. The summed E-state index contributed by atoms with van der Waals surface area (Å²) in [5.74, 6) is 0.410. The van der Waals surface area contributed by atoms with Crippen molar-refractivity contribution >= 4 is 27.7 Å². The summed E-state index contributed by atoms with van der Waals surface area (Å²) in [7, 11) is 0. The molecule has 0 atom stereocenters. The van der Waals surface area contributed by atoms with Crippen LogP contribution in [0.3, 0.4) is 0 Å². The van der Waals surface area contributed by atoms with Crippen LogP contribution in [0.15, 0.2) is 81.9 Å². The molecule has 0 radical (unpaired) electrons. The van der Waals surface area contributed by atoms with Gasteiger partial charge in [-0.15, -0.1) is 0 Å². The van der Waals surface area contributed by atoms with Gasteiger partial charge in [0.25, 0.3) is 5.91 Å². The zero-order chi connectivity index (χ0) is 21.5. The van der Waals surface area contributed by atoms with Crippen molar-refractivity contribution in [2.24, 2.45) is 0 Å². The van der Waals surface area contributed by atoms with Crippen LogP contribution < -0.4 is 0 Å². The van der Waals surface area contributed by atoms with E-state index in [1.807, 2.05) is 62.4 Å². The second-order valence-electron chi connectivity index (χ2n) is 7.35. The number of hydrogen-bond acceptors (Lipinski definition) is 3. The van der Waals surface area contributed by atoms with E-state index >= 15 is 0 Å². The van der Waals surface area contributed by atoms with Gasteiger partial charge in [0.15, 0.2) is 0 Å². The molecule has 0 unspecified atom stereocenters. The Hall–Kier alpha value is -2.86. The summed E-state index contributed by atoms with van der Waals surface area (Å²) in [6, 6.07) is 20.5. The Bertz CT molecular complexity index is 954. The molecule has 156 valence electrons. The molecular formula is C24H25BrN2O3. The molecule has 0 aliphatic rings. The van der Waals surface area contributed by atoms with Crippen LogP contribution in [0.4, 0.5) is 0 Å². The number of carbonyl (C=O) groups excluding carboxylic acids is 2. The highest BCUT2D eigenvalue weighted by molar-refractivity contribution is 9.10. The fourth-order valence-electron chi connectivity index (χ4n) is 3.12. The molecule has 3 aromatic rings. The maximum Gasteiger partial charge on any atom is 0.254 e. The van der Waals surface area contributed by atoms with E-state index < -0.39 is 0 Å². The first-order valence-corrected chi connectivity index (χ1v) is 10.6. The Balaban J connectivity index is 1.78. The molecule has 0 bridgehead atoms. The van der Waals surface area contributed by atoms with Gasteiger partial charge in [0.05, 0.1) is 12.8 Å². The third-order valence-corrected chi connectivity index (χ3v) is 5.31. The number of halogens is 1. The summed E-state index contributed by atoms with van der Waals surface area (Å²) in [6.45, 7) is 4.62. The summed E-state index contributed by atoms with van der Waals surface area (Å²) in [6.07, 6.45) is 1.60. The molecule has 5 nitrogen and oxygen atoms in total. The number of furan rings is 1. The smallest absolute Gasteiger partial charge is 0.254 e. The van der Waals surface area contributed by atoms with Gasteiger partial charge in [0.1, 0.15) is 12.3 Å². The Morgan fingerprint density at radius 3 is 2.23 bits per heavy atom. The predicted molar refractivity (Wildman–Crippen MR) is 120 cm³/mol. The lowest BCUT2D eigenvalue weighted by molar-refractivity contribution is -0.133. The van der Waals surface area contributed by atoms with Crippen molar-refractivity contribution in [1.29, 1.82) is 0 Å². The summed E-state index contributed by atoms with van der Waals surface area (Å²) >= 11 is 3.39. The van der Waals surface area contributed by atoms with Crippen LogP contribution in [-0.4, -0.2) is 34.2 Å². The fourth-order valence-corrected chi connectivity index (χ4v) is 3.38. The Morgan fingerprint density at radius 2 is 1.63 bits per heavy atom. The molecule has 30 heavy (non-hydrogen) atoms. The predicted octanol–water partition coefficient (Wildman–Crippen LogP) is 5.12. The van der Waals surface area contributed by atoms with Crippen molar-refractivity contribution in [2.75, 3.05) is 6.54 Å². The standard InChI is InChI=1S/C24H25BrN2O3/c1-18(2)27(24(29)20-10-12-21(25)13-11-20)17-23(28)26(16-22-9-6-14-30-22)15-19-7-4-3-5-8-19/h3-14,18H,15-17H2,1-2H3. The number of amides is 2. The zero-order valence-electron chi connectivity index (χ0n) is 17.1. The molecule has 0 fully saturated rings. The van der Waals surface area contributed by atoms with Crippen LogP contribution >= 0.6 is 15.9 Å². The van der Waals surface area contributed by atoms with Gasteiger partial charge in [-0.1, -0.05) is 46.3 Å². The van der Waals surface area contributed by atoms with Crippen molar-refractivity contribution < 1.29 is 14.0 Å². The second kappa shape index (κ2) is 10.3. The Morgan fingerprint density at radius 1 is 0.933 bits per heavy atom. The number of carbonyl (C=O) groups is 2. The van der Waals surface area contributed by atoms with Crippen molar-refractivity contribution in [2.45, 2.75) is 33.0 Å². The molecule has 0 spiro atoms. The van der Waals surface area contributed by atoms with Gasteiger partial charge < -0.3 is 14.2 Å². The normalized spacial score (nSPS) is 10.8. The minimum atomic E-state index is -0.163. The van der Waals surface area contributed by atoms with E-state index in [0.717, 1.165) is 10.0 Å². The third kappa shape index (κ3) is 5.83. The van der Waals surface area contributed by atoms with Crippen LogP contribution in [-0.2, 0) is 17.9 Å². The largest absolute Gasteiger partial charge is 0.467 e. The van der Waals surface area contributed by atoms with Crippen molar-refractivity contribution in [3.63, 3.8) is 0 Å². The minimum absolute atomic E-state index is 0.000105. The monoisotopic (exact) mass is 468 g/mol. The van der Waals surface area contributed by atoms with E-state index in [0.29, 0.717) is 24.4 Å². The first-order valence-electron chi connectivity index (χ1n) is 9.84. The Labute approximate surface area is 185 Å². The van der Waals surface area contributed by atoms with Crippen molar-refractivity contribution in [3.8, 4) is 0 Å². The van der Waals surface area contributed by atoms with Crippen molar-refractivity contribution in [1.82, 2.24) is 9.80 Å². The van der Waals surface area contributed by atoms with Crippen LogP contribution in [0.2, 0.25) is 0 Å². The molecule has 0 aliphatic carbocycles. The summed E-state index contributed by atoms with van der Waals surface area (Å²) in [5.41, 5.74) is 1.58. The first kappa shape index (κ1) is 21.8. The summed E-state index contributed by atoms with van der Waals surface area (Å²) in [5, 5.41) is 0. The highest BCUT2D eigenvalue weighted by Gasteiger charge is 2.25. The zero-order valence-corrected chi connectivity index (χ0v) is 18.7. The van der Waals surface area contributed by atoms with Gasteiger partial charge in [0, 0.05) is 22.6 Å². The van der Waals surface area contributed by atoms with Crippen LogP contribution in [0.25, 0.3) is 0 Å². The number of rotatable bonds is 8. The molecule has 0 aliphatic heterocycles. The maximum absolute atomic E-state index is 13.3. The van der Waals surface area contributed by atoms with E-state index in [-0.39, 0.29) is 24.4 Å². The fraction of sp³-hybridized carbons (Fsp3) is 0.250. The molecule has 0 saturated heterocycles. The van der Waals surface area contributed by atoms with Gasteiger partial charge >= 0.3 is 0 Å². The van der Waals surface area contributed by atoms with E-state index in [4.69, 9.17) is 4.42 Å². The molecule has 3 rings (SSSR count). The first-order chi connectivity index (χ1) is 14.4. The quantitative estimate of drug-likeness (QED) is 0.460. The summed E-state index contributed by atoms with van der Waals surface area (Å²) in [4.78, 5) is 29.6. The van der Waals surface area contributed by atoms with E-state index in [1.165, 1.54) is 0 Å². The highest BCUT2D eigenvalue weighted by atomic mass is 79.9. The Kier molecular flexibility index (Phi) is 7.46. The number of hydrogen-bond donors (Lipinski definition) is 0. The lowest BCUT2D eigenvalue weighted by atomic mass is 10.1. The van der Waals surface area contributed by atoms with E-state index in [2.05, 4.69) is 15.9 Å². The van der Waals surface area contributed by atoms with E-state index in [9.17, 15) is 9.59 Å². The second-order valence-corrected chi connectivity index (χ2v) is 8.26. The third-order valence-electron chi connectivity index (χ3n) is 4.78. The van der Waals surface area contributed by atoms with Crippen LogP contribution in [0, 0.1) is 0 Å².